The summed E-state index contributed by atoms with van der Waals surface area (Å²) in [5.74, 6) is -0.858. The summed E-state index contributed by atoms with van der Waals surface area (Å²) in [6, 6.07) is 16.4. The summed E-state index contributed by atoms with van der Waals surface area (Å²) in [5, 5.41) is 8.26. The van der Waals surface area contributed by atoms with Gasteiger partial charge in [0.2, 0.25) is 0 Å². The number of nitrogens with zero attached hydrogens (tertiary/aromatic N) is 2. The molecule has 1 heterocycles. The Balaban J connectivity index is 1.40. The number of amides is 2. The molecular weight excluding hydrogens is 386 g/mol. The highest BCUT2D eigenvalue weighted by atomic mass is 16.5. The van der Waals surface area contributed by atoms with E-state index in [4.69, 9.17) is 9.47 Å². The minimum absolute atomic E-state index is 0.0489. The highest BCUT2D eigenvalue weighted by Crippen LogP contribution is 2.17. The SMILES string of the molecule is COc1ccccc1C(=O)NCCC(=O)OCC(=O)N1CCC(c2ccccc2)=N1. The van der Waals surface area contributed by atoms with Crippen molar-refractivity contribution >= 4 is 23.5 Å². The Hall–Kier alpha value is -3.68. The van der Waals surface area contributed by atoms with E-state index in [9.17, 15) is 14.4 Å². The minimum atomic E-state index is -0.574. The molecule has 8 nitrogen and oxygen atoms in total. The molecule has 0 fully saturated rings. The normalized spacial score (nSPS) is 12.8. The second-order valence-corrected chi connectivity index (χ2v) is 6.55. The molecule has 8 heteroatoms. The summed E-state index contributed by atoms with van der Waals surface area (Å²) in [4.78, 5) is 36.3. The third-order valence-corrected chi connectivity index (χ3v) is 4.52. The van der Waals surface area contributed by atoms with Gasteiger partial charge in [-0.1, -0.05) is 42.5 Å². The monoisotopic (exact) mass is 409 g/mol. The maximum Gasteiger partial charge on any atom is 0.308 e. The number of hydrazone groups is 1. The lowest BCUT2D eigenvalue weighted by molar-refractivity contribution is -0.151. The van der Waals surface area contributed by atoms with Crippen LogP contribution >= 0.6 is 0 Å². The van der Waals surface area contributed by atoms with Crippen LogP contribution in [-0.2, 0) is 14.3 Å². The molecule has 0 saturated heterocycles. The summed E-state index contributed by atoms with van der Waals surface area (Å²) in [6.07, 6.45) is 0.603. The highest BCUT2D eigenvalue weighted by molar-refractivity contribution is 6.02. The van der Waals surface area contributed by atoms with E-state index in [2.05, 4.69) is 10.4 Å². The first-order chi connectivity index (χ1) is 14.6. The molecule has 0 radical (unpaired) electrons. The largest absolute Gasteiger partial charge is 0.496 e. The van der Waals surface area contributed by atoms with Gasteiger partial charge >= 0.3 is 5.97 Å². The number of para-hydroxylation sites is 1. The second kappa shape index (κ2) is 10.2. The first kappa shape index (κ1) is 21.0. The van der Waals surface area contributed by atoms with Gasteiger partial charge in [0.25, 0.3) is 11.8 Å². The number of esters is 1. The van der Waals surface area contributed by atoms with Crippen LogP contribution in [0.5, 0.6) is 5.75 Å². The summed E-state index contributed by atoms with van der Waals surface area (Å²) >= 11 is 0. The summed E-state index contributed by atoms with van der Waals surface area (Å²) in [5.41, 5.74) is 2.18. The van der Waals surface area contributed by atoms with Crippen LogP contribution in [0.4, 0.5) is 0 Å². The highest BCUT2D eigenvalue weighted by Gasteiger charge is 2.22. The van der Waals surface area contributed by atoms with Crippen LogP contribution in [-0.4, -0.2) is 55.3 Å². The van der Waals surface area contributed by atoms with Crippen molar-refractivity contribution in [1.29, 1.82) is 0 Å². The second-order valence-electron chi connectivity index (χ2n) is 6.55. The van der Waals surface area contributed by atoms with Gasteiger partial charge < -0.3 is 14.8 Å². The predicted molar refractivity (Wildman–Crippen MR) is 110 cm³/mol. The fourth-order valence-electron chi connectivity index (χ4n) is 2.97. The van der Waals surface area contributed by atoms with Gasteiger partial charge in [-0.3, -0.25) is 14.4 Å². The summed E-state index contributed by atoms with van der Waals surface area (Å²) in [7, 11) is 1.48. The number of rotatable bonds is 8. The lowest BCUT2D eigenvalue weighted by Crippen LogP contribution is -2.30. The maximum absolute atomic E-state index is 12.2. The van der Waals surface area contributed by atoms with Gasteiger partial charge in [0.05, 0.1) is 31.4 Å². The number of carbonyl (C=O) groups excluding carboxylic acids is 3. The molecule has 0 aliphatic carbocycles. The smallest absolute Gasteiger partial charge is 0.308 e. The van der Waals surface area contributed by atoms with E-state index in [0.717, 1.165) is 11.3 Å². The van der Waals surface area contributed by atoms with Crippen molar-refractivity contribution < 1.29 is 23.9 Å². The van der Waals surface area contributed by atoms with Gasteiger partial charge in [-0.2, -0.15) is 5.10 Å². The topological polar surface area (TPSA) is 97.3 Å². The van der Waals surface area contributed by atoms with Gasteiger partial charge in [0.15, 0.2) is 6.61 Å². The van der Waals surface area contributed by atoms with Crippen LogP contribution in [0.1, 0.15) is 28.8 Å². The zero-order valence-corrected chi connectivity index (χ0v) is 16.7. The van der Waals surface area contributed by atoms with Crippen molar-refractivity contribution in [2.45, 2.75) is 12.8 Å². The van der Waals surface area contributed by atoms with Crippen molar-refractivity contribution in [2.24, 2.45) is 5.10 Å². The van der Waals surface area contributed by atoms with Crippen LogP contribution in [0, 0.1) is 0 Å². The average molecular weight is 409 g/mol. The van der Waals surface area contributed by atoms with Crippen LogP contribution in [0.2, 0.25) is 0 Å². The molecule has 1 N–H and O–H groups in total. The maximum atomic E-state index is 12.2. The van der Waals surface area contributed by atoms with E-state index in [0.29, 0.717) is 24.3 Å². The number of hydrogen-bond donors (Lipinski definition) is 1. The average Bonchev–Trinajstić information content (AvgIpc) is 3.28. The molecule has 2 amide bonds. The van der Waals surface area contributed by atoms with Gasteiger partial charge in [-0.15, -0.1) is 0 Å². The molecule has 156 valence electrons. The fourth-order valence-corrected chi connectivity index (χ4v) is 2.97. The van der Waals surface area contributed by atoms with Crippen LogP contribution in [0.3, 0.4) is 0 Å². The fraction of sp³-hybridized carbons (Fsp3) is 0.273. The first-order valence-corrected chi connectivity index (χ1v) is 9.58. The molecule has 2 aromatic carbocycles. The molecule has 0 atom stereocenters. The Morgan fingerprint density at radius 2 is 1.80 bits per heavy atom. The van der Waals surface area contributed by atoms with E-state index in [1.54, 1.807) is 24.3 Å². The zero-order chi connectivity index (χ0) is 21.3. The molecule has 0 bridgehead atoms. The molecule has 1 aliphatic heterocycles. The predicted octanol–water partition coefficient (Wildman–Crippen LogP) is 1.99. The Morgan fingerprint density at radius 1 is 1.07 bits per heavy atom. The summed E-state index contributed by atoms with van der Waals surface area (Å²) < 4.78 is 10.2. The first-order valence-electron chi connectivity index (χ1n) is 9.58. The molecule has 0 saturated carbocycles. The number of nitrogens with one attached hydrogen (secondary N) is 1. The zero-order valence-electron chi connectivity index (χ0n) is 16.7. The van der Waals surface area contributed by atoms with Gasteiger partial charge in [0, 0.05) is 13.0 Å². The number of ether oxygens (including phenoxy) is 2. The molecule has 2 aromatic rings. The van der Waals surface area contributed by atoms with E-state index in [1.807, 2.05) is 30.3 Å². The van der Waals surface area contributed by atoms with Gasteiger partial charge in [-0.25, -0.2) is 5.01 Å². The third kappa shape index (κ3) is 5.44. The van der Waals surface area contributed by atoms with Gasteiger partial charge in [0.1, 0.15) is 5.75 Å². The minimum Gasteiger partial charge on any atom is -0.496 e. The lowest BCUT2D eigenvalue weighted by atomic mass is 10.1. The standard InChI is InChI=1S/C22H23N3O5/c1-29-19-10-6-5-9-17(19)22(28)23-13-11-21(27)30-15-20(26)25-14-12-18(24-25)16-7-3-2-4-8-16/h2-10H,11-15H2,1H3,(H,23,28). The van der Waals surface area contributed by atoms with Crippen molar-refractivity contribution in [2.75, 3.05) is 26.8 Å². The molecule has 30 heavy (non-hydrogen) atoms. The Kier molecular flexibility index (Phi) is 7.15. The molecule has 0 spiro atoms. The number of carbonyl (C=O) groups is 3. The van der Waals surface area contributed by atoms with Crippen LogP contribution in [0.25, 0.3) is 0 Å². The van der Waals surface area contributed by atoms with Crippen LogP contribution in [0.15, 0.2) is 59.7 Å². The van der Waals surface area contributed by atoms with Crippen molar-refractivity contribution in [3.63, 3.8) is 0 Å². The lowest BCUT2D eigenvalue weighted by Gasteiger charge is -2.12. The molecule has 3 rings (SSSR count). The quantitative estimate of drug-likeness (QED) is 0.673. The van der Waals surface area contributed by atoms with E-state index >= 15 is 0 Å². The Bertz CT molecular complexity index is 943. The Labute approximate surface area is 174 Å². The van der Waals surface area contributed by atoms with Gasteiger partial charge in [-0.05, 0) is 17.7 Å². The molecule has 0 aromatic heterocycles. The van der Waals surface area contributed by atoms with Crippen molar-refractivity contribution in [3.05, 3.63) is 65.7 Å². The molecule has 0 unspecified atom stereocenters. The Morgan fingerprint density at radius 3 is 2.57 bits per heavy atom. The number of benzene rings is 2. The van der Waals surface area contributed by atoms with E-state index in [-0.39, 0.29) is 31.4 Å². The number of hydrogen-bond acceptors (Lipinski definition) is 6. The number of methoxy groups -OCH3 is 1. The molecular formula is C22H23N3O5. The van der Waals surface area contributed by atoms with E-state index < -0.39 is 5.97 Å². The summed E-state index contributed by atoms with van der Waals surface area (Å²) in [6.45, 7) is 0.157. The van der Waals surface area contributed by atoms with Crippen molar-refractivity contribution in [3.8, 4) is 5.75 Å². The molecule has 1 aliphatic rings. The van der Waals surface area contributed by atoms with Crippen molar-refractivity contribution in [1.82, 2.24) is 10.3 Å². The van der Waals surface area contributed by atoms with E-state index in [1.165, 1.54) is 12.1 Å². The third-order valence-electron chi connectivity index (χ3n) is 4.52. The van der Waals surface area contributed by atoms with Crippen LogP contribution < -0.4 is 10.1 Å².